The number of rotatable bonds is 7. The fraction of sp³-hybridized carbons (Fsp3) is 0.318. The first-order chi connectivity index (χ1) is 13.6. The zero-order valence-corrected chi connectivity index (χ0v) is 17.8. The first kappa shape index (κ1) is 21.3. The fourth-order valence-electron chi connectivity index (χ4n) is 2.87. The Bertz CT molecular complexity index is 947. The molecule has 3 rings (SSSR count). The normalized spacial score (nSPS) is 12.3. The van der Waals surface area contributed by atoms with Crippen molar-refractivity contribution in [1.82, 2.24) is 9.55 Å². The highest BCUT2D eigenvalue weighted by Crippen LogP contribution is 2.32. The Morgan fingerprint density at radius 1 is 0.966 bits per heavy atom. The van der Waals surface area contributed by atoms with Gasteiger partial charge in [-0.3, -0.25) is 0 Å². The van der Waals surface area contributed by atoms with Gasteiger partial charge in [-0.05, 0) is 18.2 Å². The predicted molar refractivity (Wildman–Crippen MR) is 112 cm³/mol. The summed E-state index contributed by atoms with van der Waals surface area (Å²) in [7, 11) is -1.20. The highest BCUT2D eigenvalue weighted by Gasteiger charge is 2.30. The van der Waals surface area contributed by atoms with Crippen molar-refractivity contribution in [1.29, 1.82) is 0 Å². The summed E-state index contributed by atoms with van der Waals surface area (Å²) < 4.78 is 47.0. The van der Waals surface area contributed by atoms with E-state index in [0.717, 1.165) is 23.7 Å². The molecule has 3 aromatic rings. The lowest BCUT2D eigenvalue weighted by atomic mass is 10.1. The predicted octanol–water partition coefficient (Wildman–Crippen LogP) is 6.55. The molecule has 0 aliphatic carbocycles. The minimum Gasteiger partial charge on any atom is -0.361 e. The fourth-order valence-corrected chi connectivity index (χ4v) is 3.62. The molecule has 0 aliphatic rings. The van der Waals surface area contributed by atoms with Crippen LogP contribution in [0.5, 0.6) is 0 Å². The topological polar surface area (TPSA) is 27.1 Å². The van der Waals surface area contributed by atoms with Gasteiger partial charge in [-0.2, -0.15) is 13.2 Å². The van der Waals surface area contributed by atoms with Gasteiger partial charge < -0.3 is 9.30 Å². The van der Waals surface area contributed by atoms with Crippen LogP contribution in [0.15, 0.2) is 60.8 Å². The van der Waals surface area contributed by atoms with E-state index in [9.17, 15) is 13.2 Å². The number of ether oxygens (including phenoxy) is 1. The molecule has 0 atom stereocenters. The van der Waals surface area contributed by atoms with Crippen molar-refractivity contribution in [2.24, 2.45) is 0 Å². The second kappa shape index (κ2) is 8.55. The van der Waals surface area contributed by atoms with E-state index in [1.165, 1.54) is 6.07 Å². The van der Waals surface area contributed by atoms with Gasteiger partial charge in [-0.25, -0.2) is 4.98 Å². The number of hydrogen-bond acceptors (Lipinski definition) is 2. The lowest BCUT2D eigenvalue weighted by molar-refractivity contribution is -0.137. The molecule has 0 spiro atoms. The van der Waals surface area contributed by atoms with Gasteiger partial charge in [0.15, 0.2) is 0 Å². The summed E-state index contributed by atoms with van der Waals surface area (Å²) >= 11 is 0. The summed E-state index contributed by atoms with van der Waals surface area (Å²) in [4.78, 5) is 4.63. The van der Waals surface area contributed by atoms with Crippen molar-refractivity contribution in [3.63, 3.8) is 0 Å². The molecule has 0 fully saturated rings. The van der Waals surface area contributed by atoms with E-state index < -0.39 is 19.8 Å². The average Bonchev–Trinajstić information content (AvgIpc) is 3.09. The Morgan fingerprint density at radius 3 is 2.31 bits per heavy atom. The molecule has 2 aromatic carbocycles. The molecule has 154 valence electrons. The van der Waals surface area contributed by atoms with Gasteiger partial charge in [-0.1, -0.05) is 62.1 Å². The van der Waals surface area contributed by atoms with Gasteiger partial charge in [0.05, 0.1) is 11.3 Å². The Morgan fingerprint density at radius 2 is 1.66 bits per heavy atom. The van der Waals surface area contributed by atoms with E-state index in [4.69, 9.17) is 4.74 Å². The van der Waals surface area contributed by atoms with Gasteiger partial charge >= 0.3 is 6.18 Å². The molecular weight excluding hydrogens is 393 g/mol. The van der Waals surface area contributed by atoms with Crippen LogP contribution in [0.2, 0.25) is 25.7 Å². The van der Waals surface area contributed by atoms with Crippen LogP contribution in [-0.4, -0.2) is 24.2 Å². The summed E-state index contributed by atoms with van der Waals surface area (Å²) in [6.07, 6.45) is -2.63. The van der Waals surface area contributed by atoms with Crippen LogP contribution >= 0.6 is 0 Å². The Balaban J connectivity index is 1.91. The Kier molecular flexibility index (Phi) is 6.29. The molecule has 0 saturated heterocycles. The lowest BCUT2D eigenvalue weighted by Gasteiger charge is -2.16. The van der Waals surface area contributed by atoms with Crippen molar-refractivity contribution in [3.05, 3.63) is 66.4 Å². The van der Waals surface area contributed by atoms with Gasteiger partial charge in [-0.15, -0.1) is 0 Å². The number of benzene rings is 2. The average molecular weight is 419 g/mol. The summed E-state index contributed by atoms with van der Waals surface area (Å²) in [6.45, 7) is 7.82. The van der Waals surface area contributed by atoms with Crippen LogP contribution in [-0.2, 0) is 17.6 Å². The first-order valence-corrected chi connectivity index (χ1v) is 13.2. The van der Waals surface area contributed by atoms with Crippen molar-refractivity contribution < 1.29 is 17.9 Å². The van der Waals surface area contributed by atoms with Gasteiger partial charge in [0.25, 0.3) is 0 Å². The second-order valence-corrected chi connectivity index (χ2v) is 13.8. The maximum absolute atomic E-state index is 13.1. The van der Waals surface area contributed by atoms with E-state index in [1.54, 1.807) is 12.3 Å². The molecule has 7 heteroatoms. The highest BCUT2D eigenvalue weighted by molar-refractivity contribution is 6.76. The molecular formula is C22H25F3N2OSi. The Labute approximate surface area is 170 Å². The van der Waals surface area contributed by atoms with Gasteiger partial charge in [0, 0.05) is 32.0 Å². The number of nitrogens with zero attached hydrogens (tertiary/aromatic N) is 2. The highest BCUT2D eigenvalue weighted by atomic mass is 28.3. The van der Waals surface area contributed by atoms with Crippen molar-refractivity contribution >= 4 is 8.07 Å². The molecule has 0 amide bonds. The van der Waals surface area contributed by atoms with Crippen LogP contribution in [0.3, 0.4) is 0 Å². The monoisotopic (exact) mass is 418 g/mol. The smallest absolute Gasteiger partial charge is 0.361 e. The number of hydrogen-bond donors (Lipinski definition) is 0. The molecule has 29 heavy (non-hydrogen) atoms. The molecule has 1 aromatic heterocycles. The van der Waals surface area contributed by atoms with Crippen LogP contribution in [0.4, 0.5) is 13.2 Å². The minimum atomic E-state index is -4.39. The van der Waals surface area contributed by atoms with Crippen molar-refractivity contribution in [2.45, 2.75) is 38.6 Å². The third-order valence-corrected chi connectivity index (χ3v) is 6.23. The maximum Gasteiger partial charge on any atom is 0.416 e. The van der Waals surface area contributed by atoms with Crippen LogP contribution in [0.1, 0.15) is 5.56 Å². The standard InChI is InChI=1S/C22H25F3N2OSi/c1-29(2,3)13-12-28-16-27-15-20(26-21(27)17-8-5-4-6-9-17)18-10-7-11-19(14-18)22(23,24)25/h4-11,14-15H,12-13,16H2,1-3H3. The number of aromatic nitrogens is 2. The molecule has 3 nitrogen and oxygen atoms in total. The zero-order valence-electron chi connectivity index (χ0n) is 16.8. The summed E-state index contributed by atoms with van der Waals surface area (Å²) in [5.41, 5.74) is 1.12. The third-order valence-electron chi connectivity index (χ3n) is 4.52. The number of halogens is 3. The molecule has 0 N–H and O–H groups in total. The van der Waals surface area contributed by atoms with E-state index >= 15 is 0 Å². The van der Waals surface area contributed by atoms with E-state index in [1.807, 2.05) is 34.9 Å². The SMILES string of the molecule is C[Si](C)(C)CCOCn1cc(-c2cccc(C(F)(F)F)c2)nc1-c1ccccc1. The molecule has 0 bridgehead atoms. The van der Waals surface area contributed by atoms with Crippen LogP contribution in [0, 0.1) is 0 Å². The van der Waals surface area contributed by atoms with Crippen molar-refractivity contribution in [3.8, 4) is 22.6 Å². The van der Waals surface area contributed by atoms with Crippen LogP contribution < -0.4 is 0 Å². The molecule has 0 radical (unpaired) electrons. The Hall–Kier alpha value is -2.38. The molecule has 0 aliphatic heterocycles. The maximum atomic E-state index is 13.1. The van der Waals surface area contributed by atoms with E-state index in [0.29, 0.717) is 30.4 Å². The summed E-state index contributed by atoms with van der Waals surface area (Å²) in [5.74, 6) is 0.672. The summed E-state index contributed by atoms with van der Waals surface area (Å²) in [5, 5.41) is 0. The first-order valence-electron chi connectivity index (χ1n) is 9.51. The molecule has 1 heterocycles. The van der Waals surface area contributed by atoms with Gasteiger partial charge in [0.1, 0.15) is 12.6 Å². The van der Waals surface area contributed by atoms with E-state index in [2.05, 4.69) is 24.6 Å². The lowest BCUT2D eigenvalue weighted by Crippen LogP contribution is -2.22. The van der Waals surface area contributed by atoms with Crippen molar-refractivity contribution in [2.75, 3.05) is 6.61 Å². The number of imidazole rings is 1. The second-order valence-electron chi connectivity index (χ2n) is 8.21. The quantitative estimate of drug-likeness (QED) is 0.321. The third kappa shape index (κ3) is 5.80. The molecule has 0 unspecified atom stereocenters. The van der Waals surface area contributed by atoms with Gasteiger partial charge in [0.2, 0.25) is 0 Å². The zero-order chi connectivity index (χ0) is 21.1. The van der Waals surface area contributed by atoms with Crippen LogP contribution in [0.25, 0.3) is 22.6 Å². The summed E-state index contributed by atoms with van der Waals surface area (Å²) in [6, 6.07) is 15.9. The molecule has 0 saturated carbocycles. The number of alkyl halides is 3. The van der Waals surface area contributed by atoms with E-state index in [-0.39, 0.29) is 0 Å². The largest absolute Gasteiger partial charge is 0.416 e. The minimum absolute atomic E-state index is 0.306.